The molecule has 8 nitrogen and oxygen atoms in total. The first-order chi connectivity index (χ1) is 17.4. The number of piperidine rings is 1. The van der Waals surface area contributed by atoms with Crippen LogP contribution in [0.5, 0.6) is 0 Å². The van der Waals surface area contributed by atoms with Gasteiger partial charge < -0.3 is 14.7 Å². The van der Waals surface area contributed by atoms with Crippen LogP contribution in [0.15, 0.2) is 30.3 Å². The van der Waals surface area contributed by atoms with E-state index in [0.717, 1.165) is 50.9 Å². The van der Waals surface area contributed by atoms with Gasteiger partial charge in [-0.15, -0.1) is 0 Å². The van der Waals surface area contributed by atoms with E-state index in [1.54, 1.807) is 9.21 Å². The van der Waals surface area contributed by atoms with Gasteiger partial charge in [-0.25, -0.2) is 12.7 Å². The summed E-state index contributed by atoms with van der Waals surface area (Å²) in [6, 6.07) is 9.82. The third kappa shape index (κ3) is 5.88. The van der Waals surface area contributed by atoms with Crippen LogP contribution in [-0.4, -0.2) is 85.0 Å². The normalized spacial score (nSPS) is 20.6. The molecule has 3 saturated heterocycles. The fraction of sp³-hybridized carbons (Fsp3) is 0.704. The summed E-state index contributed by atoms with van der Waals surface area (Å²) in [6.07, 6.45) is 9.16. The molecule has 0 aliphatic carbocycles. The Hall–Kier alpha value is -2.13. The van der Waals surface area contributed by atoms with Crippen molar-refractivity contribution in [3.8, 4) is 0 Å². The Kier molecular flexibility index (Phi) is 8.93. The molecule has 1 aromatic rings. The van der Waals surface area contributed by atoms with E-state index >= 15 is 0 Å². The molecule has 3 fully saturated rings. The molecule has 3 heterocycles. The number of hydrogen-bond acceptors (Lipinski definition) is 5. The lowest BCUT2D eigenvalue weighted by Crippen LogP contribution is -2.57. The maximum atomic E-state index is 13.8. The Balaban J connectivity index is 1.42. The Morgan fingerprint density at radius 2 is 1.56 bits per heavy atom. The second-order valence-electron chi connectivity index (χ2n) is 10.5. The van der Waals surface area contributed by atoms with E-state index in [2.05, 4.69) is 11.8 Å². The van der Waals surface area contributed by atoms with Crippen LogP contribution in [0.4, 0.5) is 5.69 Å². The highest BCUT2D eigenvalue weighted by Gasteiger charge is 2.55. The number of benzene rings is 1. The summed E-state index contributed by atoms with van der Waals surface area (Å²) < 4.78 is 27.7. The minimum absolute atomic E-state index is 0.00450. The minimum atomic E-state index is -3.34. The first-order valence-electron chi connectivity index (χ1n) is 13.7. The molecule has 1 spiro atoms. The van der Waals surface area contributed by atoms with Crippen LogP contribution >= 0.6 is 0 Å². The second kappa shape index (κ2) is 11.9. The average molecular weight is 519 g/mol. The molecule has 0 saturated carbocycles. The van der Waals surface area contributed by atoms with E-state index < -0.39 is 15.6 Å². The molecule has 3 aliphatic heterocycles. The van der Waals surface area contributed by atoms with Crippen molar-refractivity contribution < 1.29 is 18.0 Å². The van der Waals surface area contributed by atoms with Crippen molar-refractivity contribution in [1.29, 1.82) is 0 Å². The van der Waals surface area contributed by atoms with Gasteiger partial charge in [-0.05, 0) is 44.2 Å². The zero-order valence-electron chi connectivity index (χ0n) is 21.7. The summed E-state index contributed by atoms with van der Waals surface area (Å²) in [5.41, 5.74) is 0.129. The Morgan fingerprint density at radius 3 is 2.22 bits per heavy atom. The number of anilines is 1. The number of carbonyl (C=O) groups is 2. The molecule has 0 atom stereocenters. The summed E-state index contributed by atoms with van der Waals surface area (Å²) in [5.74, 6) is 0.135. The van der Waals surface area contributed by atoms with Gasteiger partial charge >= 0.3 is 0 Å². The fourth-order valence-electron chi connectivity index (χ4n) is 5.88. The largest absolute Gasteiger partial charge is 0.341 e. The molecular weight excluding hydrogens is 476 g/mol. The topological polar surface area (TPSA) is 81.2 Å². The third-order valence-corrected chi connectivity index (χ3v) is 10.0. The molecule has 1 aromatic carbocycles. The summed E-state index contributed by atoms with van der Waals surface area (Å²) >= 11 is 0. The predicted octanol–water partition coefficient (Wildman–Crippen LogP) is 3.44. The fourth-order valence-corrected chi connectivity index (χ4v) is 7.45. The standard InChI is InChI=1S/C27H42N4O4S/c1-2-3-4-5-6-12-21-36(34,35)30-19-15-27(16-20-30)26(33)29(22-25(32)28-17-10-11-18-28)23-31(27)24-13-8-7-9-14-24/h7-9,13-14H,2-6,10-12,15-23H2,1H3. The number of likely N-dealkylation sites (tertiary alicyclic amines) is 1. The van der Waals surface area contributed by atoms with Gasteiger partial charge in [-0.3, -0.25) is 9.59 Å². The van der Waals surface area contributed by atoms with Crippen molar-refractivity contribution in [3.63, 3.8) is 0 Å². The van der Waals surface area contributed by atoms with Crippen molar-refractivity contribution in [3.05, 3.63) is 30.3 Å². The first kappa shape index (κ1) is 26.9. The second-order valence-corrected chi connectivity index (χ2v) is 12.6. The van der Waals surface area contributed by atoms with Crippen LogP contribution in [0.2, 0.25) is 0 Å². The van der Waals surface area contributed by atoms with Gasteiger partial charge in [0.2, 0.25) is 21.8 Å². The Morgan fingerprint density at radius 1 is 0.917 bits per heavy atom. The third-order valence-electron chi connectivity index (χ3n) is 8.07. The van der Waals surface area contributed by atoms with E-state index in [-0.39, 0.29) is 24.1 Å². The number of carbonyl (C=O) groups excluding carboxylic acids is 2. The highest BCUT2D eigenvalue weighted by molar-refractivity contribution is 7.89. The van der Waals surface area contributed by atoms with Crippen molar-refractivity contribution in [2.45, 2.75) is 76.7 Å². The number of unbranched alkanes of at least 4 members (excludes halogenated alkanes) is 5. The number of para-hydroxylation sites is 1. The zero-order valence-corrected chi connectivity index (χ0v) is 22.6. The van der Waals surface area contributed by atoms with Gasteiger partial charge in [0.05, 0.1) is 12.4 Å². The summed E-state index contributed by atoms with van der Waals surface area (Å²) in [5, 5.41) is 0. The molecule has 0 aromatic heterocycles. The number of hydrogen-bond donors (Lipinski definition) is 0. The maximum absolute atomic E-state index is 13.8. The van der Waals surface area contributed by atoms with Gasteiger partial charge in [-0.2, -0.15) is 0 Å². The average Bonchev–Trinajstić information content (AvgIpc) is 3.51. The van der Waals surface area contributed by atoms with Crippen LogP contribution < -0.4 is 4.90 Å². The molecule has 0 unspecified atom stereocenters. The quantitative estimate of drug-likeness (QED) is 0.419. The monoisotopic (exact) mass is 518 g/mol. The van der Waals surface area contributed by atoms with Gasteiger partial charge in [0, 0.05) is 31.9 Å². The van der Waals surface area contributed by atoms with Crippen molar-refractivity contribution >= 4 is 27.5 Å². The zero-order chi connectivity index (χ0) is 25.6. The molecule has 200 valence electrons. The number of rotatable bonds is 11. The molecule has 0 bridgehead atoms. The molecule has 0 N–H and O–H groups in total. The van der Waals surface area contributed by atoms with Gasteiger partial charge in [0.1, 0.15) is 12.1 Å². The molecule has 2 amide bonds. The van der Waals surface area contributed by atoms with Crippen LogP contribution in [0, 0.1) is 0 Å². The summed E-state index contributed by atoms with van der Waals surface area (Å²) in [7, 11) is -3.34. The van der Waals surface area contributed by atoms with Crippen molar-refractivity contribution in [1.82, 2.24) is 14.1 Å². The summed E-state index contributed by atoms with van der Waals surface area (Å²) in [6.45, 7) is 4.81. The molecule has 4 rings (SSSR count). The smallest absolute Gasteiger partial charge is 0.250 e. The maximum Gasteiger partial charge on any atom is 0.250 e. The summed E-state index contributed by atoms with van der Waals surface area (Å²) in [4.78, 5) is 32.3. The SMILES string of the molecule is CCCCCCCCS(=O)(=O)N1CCC2(CC1)C(=O)N(CC(=O)N1CCCC1)CN2c1ccccc1. The van der Waals surface area contributed by atoms with Crippen LogP contribution in [-0.2, 0) is 19.6 Å². The molecular formula is C27H42N4O4S. The molecule has 9 heteroatoms. The highest BCUT2D eigenvalue weighted by Crippen LogP contribution is 2.40. The number of sulfonamides is 1. The predicted molar refractivity (Wildman–Crippen MR) is 142 cm³/mol. The van der Waals surface area contributed by atoms with E-state index in [0.29, 0.717) is 39.0 Å². The highest BCUT2D eigenvalue weighted by atomic mass is 32.2. The van der Waals surface area contributed by atoms with E-state index in [1.807, 2.05) is 35.2 Å². The Labute approximate surface area is 216 Å². The van der Waals surface area contributed by atoms with E-state index in [9.17, 15) is 18.0 Å². The Bertz CT molecular complexity index is 986. The van der Waals surface area contributed by atoms with Gasteiger partial charge in [0.15, 0.2) is 0 Å². The minimum Gasteiger partial charge on any atom is -0.341 e. The van der Waals surface area contributed by atoms with E-state index in [1.165, 1.54) is 12.8 Å². The van der Waals surface area contributed by atoms with Crippen LogP contribution in [0.3, 0.4) is 0 Å². The number of amides is 2. The first-order valence-corrected chi connectivity index (χ1v) is 15.4. The molecule has 3 aliphatic rings. The van der Waals surface area contributed by atoms with Crippen LogP contribution in [0.25, 0.3) is 0 Å². The number of nitrogens with zero attached hydrogens (tertiary/aromatic N) is 4. The lowest BCUT2D eigenvalue weighted by molar-refractivity contribution is -0.140. The van der Waals surface area contributed by atoms with Crippen LogP contribution in [0.1, 0.15) is 71.1 Å². The van der Waals surface area contributed by atoms with Gasteiger partial charge in [-0.1, -0.05) is 57.2 Å². The van der Waals surface area contributed by atoms with Crippen molar-refractivity contribution in [2.75, 3.05) is 50.0 Å². The van der Waals surface area contributed by atoms with Gasteiger partial charge in [0.25, 0.3) is 0 Å². The lowest BCUT2D eigenvalue weighted by atomic mass is 9.86. The molecule has 36 heavy (non-hydrogen) atoms. The van der Waals surface area contributed by atoms with E-state index in [4.69, 9.17) is 0 Å². The van der Waals surface area contributed by atoms with Crippen molar-refractivity contribution in [2.24, 2.45) is 0 Å². The lowest BCUT2D eigenvalue weighted by Gasteiger charge is -2.42. The molecule has 0 radical (unpaired) electrons.